The number of nitrogens with one attached hydrogen (secondary N) is 2. The fourth-order valence-electron chi connectivity index (χ4n) is 1.95. The van der Waals surface area contributed by atoms with Crippen LogP contribution in [-0.2, 0) is 14.8 Å². The molecular weight excluding hydrogens is 352 g/mol. The number of carbonyl (C=O) groups is 1. The Labute approximate surface area is 144 Å². The monoisotopic (exact) mass is 370 g/mol. The zero-order valence-electron chi connectivity index (χ0n) is 13.4. The Balaban J connectivity index is 2.17. The van der Waals surface area contributed by atoms with Gasteiger partial charge in [0.15, 0.2) is 0 Å². The first-order valence-electron chi connectivity index (χ1n) is 7.16. The summed E-state index contributed by atoms with van der Waals surface area (Å²) in [6.45, 7) is 3.39. The summed E-state index contributed by atoms with van der Waals surface area (Å²) in [6, 6.07) is 6.61. The van der Waals surface area contributed by atoms with Crippen LogP contribution < -0.4 is 14.8 Å². The van der Waals surface area contributed by atoms with Gasteiger partial charge < -0.3 is 10.1 Å². The number of amides is 1. The lowest BCUT2D eigenvalue weighted by Crippen LogP contribution is -2.27. The van der Waals surface area contributed by atoms with Crippen LogP contribution in [-0.4, -0.2) is 31.6 Å². The van der Waals surface area contributed by atoms with E-state index < -0.39 is 16.1 Å². The molecule has 2 rings (SSSR count). The van der Waals surface area contributed by atoms with Gasteiger partial charge >= 0.3 is 0 Å². The molecule has 1 aromatic carbocycles. The zero-order valence-corrected chi connectivity index (χ0v) is 15.1. The maximum atomic E-state index is 12.4. The summed E-state index contributed by atoms with van der Waals surface area (Å²) >= 11 is 0.795. The third kappa shape index (κ3) is 4.28. The number of para-hydroxylation sites is 1. The fourth-order valence-corrected chi connectivity index (χ4v) is 4.10. The molecule has 0 saturated heterocycles. The summed E-state index contributed by atoms with van der Waals surface area (Å²) in [6.07, 6.45) is 0.269. The van der Waals surface area contributed by atoms with Crippen molar-refractivity contribution < 1.29 is 17.9 Å². The number of hydrogen-bond acceptors (Lipinski definition) is 7. The average molecular weight is 370 g/mol. The summed E-state index contributed by atoms with van der Waals surface area (Å²) < 4.78 is 32.4. The minimum Gasteiger partial charge on any atom is -0.496 e. The molecule has 1 atom stereocenters. The lowest BCUT2D eigenvalue weighted by molar-refractivity contribution is -0.115. The Morgan fingerprint density at radius 1 is 1.33 bits per heavy atom. The molecule has 0 spiro atoms. The zero-order chi connectivity index (χ0) is 17.7. The Hall–Kier alpha value is -2.04. The summed E-state index contributed by atoms with van der Waals surface area (Å²) in [5.74, 6) is 0.325. The van der Waals surface area contributed by atoms with E-state index in [0.717, 1.165) is 11.3 Å². The van der Waals surface area contributed by atoms with Crippen molar-refractivity contribution in [2.75, 3.05) is 12.4 Å². The summed E-state index contributed by atoms with van der Waals surface area (Å²) in [5.41, 5.74) is 0.701. The maximum Gasteiger partial charge on any atom is 0.270 e. The van der Waals surface area contributed by atoms with Gasteiger partial charge in [-0.3, -0.25) is 4.79 Å². The van der Waals surface area contributed by atoms with Crippen molar-refractivity contribution in [3.8, 4) is 5.75 Å². The largest absolute Gasteiger partial charge is 0.496 e. The molecule has 0 fully saturated rings. The number of benzene rings is 1. The smallest absolute Gasteiger partial charge is 0.270 e. The molecule has 2 aromatic rings. The highest BCUT2D eigenvalue weighted by Crippen LogP contribution is 2.27. The SMILES string of the molecule is CCC(=O)Nc1nnc(S(=O)(=O)N[C@@H](C)c2ccccc2OC)s1. The molecule has 0 unspecified atom stereocenters. The van der Waals surface area contributed by atoms with E-state index in [2.05, 4.69) is 20.2 Å². The second kappa shape index (κ2) is 7.69. The summed E-state index contributed by atoms with van der Waals surface area (Å²) in [5, 5.41) is 9.94. The molecule has 0 radical (unpaired) electrons. The van der Waals surface area contributed by atoms with E-state index in [1.54, 1.807) is 38.1 Å². The van der Waals surface area contributed by atoms with Gasteiger partial charge in [0.25, 0.3) is 10.0 Å². The Kier molecular flexibility index (Phi) is 5.86. The topological polar surface area (TPSA) is 110 Å². The lowest BCUT2D eigenvalue weighted by atomic mass is 10.1. The van der Waals surface area contributed by atoms with Crippen molar-refractivity contribution >= 4 is 32.4 Å². The highest BCUT2D eigenvalue weighted by Gasteiger charge is 2.24. The van der Waals surface area contributed by atoms with Gasteiger partial charge in [0.05, 0.1) is 7.11 Å². The quantitative estimate of drug-likeness (QED) is 0.721. The average Bonchev–Trinajstić information content (AvgIpc) is 3.03. The van der Waals surface area contributed by atoms with Crippen LogP contribution in [0.3, 0.4) is 0 Å². The highest BCUT2D eigenvalue weighted by molar-refractivity contribution is 7.91. The molecule has 0 bridgehead atoms. The number of anilines is 1. The van der Waals surface area contributed by atoms with Crippen molar-refractivity contribution in [2.24, 2.45) is 0 Å². The molecule has 24 heavy (non-hydrogen) atoms. The molecule has 130 valence electrons. The number of nitrogens with zero attached hydrogens (tertiary/aromatic N) is 2. The third-order valence-corrected chi connectivity index (χ3v) is 5.89. The molecule has 0 aliphatic heterocycles. The van der Waals surface area contributed by atoms with Gasteiger partial charge in [-0.2, -0.15) is 0 Å². The van der Waals surface area contributed by atoms with E-state index in [1.165, 1.54) is 7.11 Å². The fraction of sp³-hybridized carbons (Fsp3) is 0.357. The number of rotatable bonds is 7. The molecule has 2 N–H and O–H groups in total. The minimum atomic E-state index is -3.87. The van der Waals surface area contributed by atoms with Gasteiger partial charge in [0, 0.05) is 18.0 Å². The van der Waals surface area contributed by atoms with Gasteiger partial charge in [-0.05, 0) is 13.0 Å². The van der Waals surface area contributed by atoms with Crippen LogP contribution in [0.15, 0.2) is 28.6 Å². The van der Waals surface area contributed by atoms with Crippen LogP contribution in [0.5, 0.6) is 5.75 Å². The number of hydrogen-bond donors (Lipinski definition) is 2. The van der Waals surface area contributed by atoms with E-state index in [4.69, 9.17) is 4.74 Å². The number of ether oxygens (including phenoxy) is 1. The summed E-state index contributed by atoms with van der Waals surface area (Å²) in [7, 11) is -2.34. The van der Waals surface area contributed by atoms with E-state index in [-0.39, 0.29) is 21.8 Å². The second-order valence-corrected chi connectivity index (χ2v) is 7.72. The van der Waals surface area contributed by atoms with Crippen LogP contribution in [0.4, 0.5) is 5.13 Å². The van der Waals surface area contributed by atoms with Gasteiger partial charge in [0.2, 0.25) is 15.4 Å². The molecule has 0 saturated carbocycles. The van der Waals surface area contributed by atoms with Gasteiger partial charge in [-0.25, -0.2) is 13.1 Å². The minimum absolute atomic E-state index is 0.146. The molecule has 8 nitrogen and oxygen atoms in total. The number of sulfonamides is 1. The molecule has 10 heteroatoms. The standard InChI is InChI=1S/C14H18N4O4S2/c1-4-12(19)15-13-16-17-14(23-13)24(20,21)18-9(2)10-7-5-6-8-11(10)22-3/h5-9,18H,4H2,1-3H3,(H,15,16,19)/t9-/m0/s1. The Morgan fingerprint density at radius 2 is 2.04 bits per heavy atom. The van der Waals surface area contributed by atoms with Crippen LogP contribution in [0.2, 0.25) is 0 Å². The van der Waals surface area contributed by atoms with Crippen molar-refractivity contribution in [3.05, 3.63) is 29.8 Å². The van der Waals surface area contributed by atoms with Gasteiger partial charge in [-0.15, -0.1) is 10.2 Å². The summed E-state index contributed by atoms with van der Waals surface area (Å²) in [4.78, 5) is 11.3. The van der Waals surface area contributed by atoms with Crippen molar-refractivity contribution in [3.63, 3.8) is 0 Å². The Bertz CT molecular complexity index is 820. The molecule has 1 amide bonds. The maximum absolute atomic E-state index is 12.4. The molecule has 1 aromatic heterocycles. The first kappa shape index (κ1) is 18.3. The second-order valence-electron chi connectivity index (χ2n) is 4.86. The predicted octanol–water partition coefficient (Wildman–Crippen LogP) is 1.93. The van der Waals surface area contributed by atoms with Crippen LogP contribution in [0, 0.1) is 0 Å². The van der Waals surface area contributed by atoms with Crippen molar-refractivity contribution in [1.82, 2.24) is 14.9 Å². The van der Waals surface area contributed by atoms with Gasteiger partial charge in [0.1, 0.15) is 5.75 Å². The van der Waals surface area contributed by atoms with Gasteiger partial charge in [-0.1, -0.05) is 36.5 Å². The molecular formula is C14H18N4O4S2. The van der Waals surface area contributed by atoms with Crippen molar-refractivity contribution in [2.45, 2.75) is 30.6 Å². The van der Waals surface area contributed by atoms with Crippen LogP contribution in [0.1, 0.15) is 31.9 Å². The van der Waals surface area contributed by atoms with E-state index in [9.17, 15) is 13.2 Å². The molecule has 1 heterocycles. The number of carbonyl (C=O) groups excluding carboxylic acids is 1. The lowest BCUT2D eigenvalue weighted by Gasteiger charge is -2.16. The van der Waals surface area contributed by atoms with Crippen LogP contribution in [0.25, 0.3) is 0 Å². The normalized spacial score (nSPS) is 12.6. The first-order valence-corrected chi connectivity index (χ1v) is 9.46. The van der Waals surface area contributed by atoms with E-state index in [0.29, 0.717) is 11.3 Å². The highest BCUT2D eigenvalue weighted by atomic mass is 32.2. The Morgan fingerprint density at radius 3 is 2.71 bits per heavy atom. The first-order chi connectivity index (χ1) is 11.4. The predicted molar refractivity (Wildman–Crippen MR) is 90.6 cm³/mol. The third-order valence-electron chi connectivity index (χ3n) is 3.14. The van der Waals surface area contributed by atoms with Crippen molar-refractivity contribution in [1.29, 1.82) is 0 Å². The number of aromatic nitrogens is 2. The van der Waals surface area contributed by atoms with E-state index >= 15 is 0 Å². The van der Waals surface area contributed by atoms with Crippen LogP contribution >= 0.6 is 11.3 Å². The molecule has 0 aliphatic carbocycles. The van der Waals surface area contributed by atoms with E-state index in [1.807, 2.05) is 0 Å². The number of methoxy groups -OCH3 is 1. The molecule has 0 aliphatic rings.